The van der Waals surface area contributed by atoms with Crippen LogP contribution in [0.2, 0.25) is 0 Å². The van der Waals surface area contributed by atoms with Gasteiger partial charge in [0.05, 0.1) is 11.4 Å². The van der Waals surface area contributed by atoms with Crippen LogP contribution in [0.25, 0.3) is 43.1 Å². The first kappa shape index (κ1) is 40.9. The summed E-state index contributed by atoms with van der Waals surface area (Å²) >= 11 is 0. The predicted molar refractivity (Wildman–Crippen MR) is 247 cm³/mol. The molecule has 0 N–H and O–H groups in total. The fraction of sp³-hybridized carbons (Fsp3) is 0.423. The minimum absolute atomic E-state index is 0.601. The van der Waals surface area contributed by atoms with Crippen molar-refractivity contribution in [3.8, 4) is 0 Å². The van der Waals surface area contributed by atoms with Crippen molar-refractivity contribution < 1.29 is 0 Å². The lowest BCUT2D eigenvalue weighted by Gasteiger charge is -2.33. The number of rotatable bonds is 16. The molecule has 0 aromatic heterocycles. The summed E-state index contributed by atoms with van der Waals surface area (Å²) in [4.78, 5) is 16.0. The third kappa shape index (κ3) is 10.8. The first-order chi connectivity index (χ1) is 27.0. The Morgan fingerprint density at radius 2 is 0.911 bits per heavy atom. The van der Waals surface area contributed by atoms with Gasteiger partial charge in [0, 0.05) is 30.9 Å². The van der Waals surface area contributed by atoms with E-state index in [0.29, 0.717) is 11.8 Å². The molecule has 0 aliphatic carbocycles. The highest BCUT2D eigenvalue weighted by Gasteiger charge is 2.22. The van der Waals surface area contributed by atoms with E-state index in [1.165, 1.54) is 81.6 Å². The fourth-order valence-corrected chi connectivity index (χ4v) is 8.10. The van der Waals surface area contributed by atoms with Gasteiger partial charge in [0.2, 0.25) is 5.96 Å². The molecule has 0 spiro atoms. The van der Waals surface area contributed by atoms with Crippen LogP contribution in [0.1, 0.15) is 99.8 Å². The summed E-state index contributed by atoms with van der Waals surface area (Å²) < 4.78 is 0. The van der Waals surface area contributed by atoms with Crippen LogP contribution >= 0.6 is 0 Å². The molecule has 6 aromatic rings. The Morgan fingerprint density at radius 3 is 1.39 bits per heavy atom. The van der Waals surface area contributed by atoms with Gasteiger partial charge in [-0.15, -0.1) is 0 Å². The van der Waals surface area contributed by atoms with Gasteiger partial charge in [-0.3, -0.25) is 0 Å². The van der Waals surface area contributed by atoms with Crippen molar-refractivity contribution in [1.82, 2.24) is 9.80 Å². The summed E-state index contributed by atoms with van der Waals surface area (Å²) in [5, 5.41) is 9.76. The lowest BCUT2D eigenvalue weighted by Crippen LogP contribution is -2.46. The van der Waals surface area contributed by atoms with Crippen LogP contribution in [0, 0.1) is 23.7 Å². The highest BCUT2D eigenvalue weighted by atomic mass is 15.4. The highest BCUT2D eigenvalue weighted by Crippen LogP contribution is 2.33. The second kappa shape index (κ2) is 19.4. The van der Waals surface area contributed by atoms with Crippen molar-refractivity contribution in [2.45, 2.75) is 99.8 Å². The smallest absolute Gasteiger partial charge is 0.207 e. The van der Waals surface area contributed by atoms with Crippen LogP contribution in [0.4, 0.5) is 11.4 Å². The summed E-state index contributed by atoms with van der Waals surface area (Å²) in [6.45, 7) is 18.2. The van der Waals surface area contributed by atoms with Crippen molar-refractivity contribution in [3.05, 3.63) is 109 Å². The normalized spacial score (nSPS) is 13.8. The van der Waals surface area contributed by atoms with E-state index in [-0.39, 0.29) is 0 Å². The topological polar surface area (TPSA) is 31.2 Å². The lowest BCUT2D eigenvalue weighted by atomic mass is 9.97. The summed E-state index contributed by atoms with van der Waals surface area (Å²) in [7, 11) is 2.25. The zero-order valence-corrected chi connectivity index (χ0v) is 35.6. The molecule has 4 nitrogen and oxygen atoms in total. The van der Waals surface area contributed by atoms with E-state index in [1.807, 2.05) is 0 Å². The number of hydrogen-bond donors (Lipinski definition) is 0. The molecule has 294 valence electrons. The Kier molecular flexibility index (Phi) is 14.2. The summed E-state index contributed by atoms with van der Waals surface area (Å²) in [5.41, 5.74) is 2.00. The van der Waals surface area contributed by atoms with E-state index in [9.17, 15) is 0 Å². The van der Waals surface area contributed by atoms with Gasteiger partial charge in [-0.25, -0.2) is 9.98 Å². The second-order valence-corrected chi connectivity index (χ2v) is 17.5. The van der Waals surface area contributed by atoms with Gasteiger partial charge < -0.3 is 9.80 Å². The van der Waals surface area contributed by atoms with Crippen molar-refractivity contribution in [3.63, 3.8) is 0 Å². The monoisotopic (exact) mass is 747 g/mol. The summed E-state index contributed by atoms with van der Waals surface area (Å²) in [5.74, 6) is 4.69. The third-order valence-electron chi connectivity index (χ3n) is 11.7. The van der Waals surface area contributed by atoms with Crippen LogP contribution in [0.3, 0.4) is 0 Å². The average Bonchev–Trinajstić information content (AvgIpc) is 3.18. The van der Waals surface area contributed by atoms with Crippen LogP contribution in [0.15, 0.2) is 119 Å². The molecule has 0 aliphatic rings. The van der Waals surface area contributed by atoms with Crippen molar-refractivity contribution in [2.75, 3.05) is 20.1 Å². The second-order valence-electron chi connectivity index (χ2n) is 17.5. The van der Waals surface area contributed by atoms with E-state index < -0.39 is 0 Å². The van der Waals surface area contributed by atoms with Crippen LogP contribution in [0.5, 0.6) is 0 Å². The zero-order chi connectivity index (χ0) is 39.6. The quantitative estimate of drug-likeness (QED) is 0.0561. The number of fused-ring (bicyclic) bond motifs is 4. The van der Waals surface area contributed by atoms with E-state index in [0.717, 1.165) is 60.9 Å². The van der Waals surface area contributed by atoms with Crippen LogP contribution in [-0.2, 0) is 0 Å². The third-order valence-corrected chi connectivity index (χ3v) is 11.7. The molecular formula is C52H66N4. The van der Waals surface area contributed by atoms with Crippen LogP contribution in [-0.4, -0.2) is 41.7 Å². The first-order valence-electron chi connectivity index (χ1n) is 21.5. The first-order valence-corrected chi connectivity index (χ1v) is 21.5. The molecular weight excluding hydrogens is 681 g/mol. The van der Waals surface area contributed by atoms with Gasteiger partial charge in [0.1, 0.15) is 5.84 Å². The molecule has 0 amide bonds. The van der Waals surface area contributed by atoms with E-state index in [4.69, 9.17) is 9.98 Å². The minimum Gasteiger partial charge on any atom is -0.345 e. The standard InChI is InChI=1S/C52H66N4/c1-37(2)17-13-19-39(5)29-31-55(8)52(54-51-28-16-26-47-34-43-22-10-12-24-45(43)36-49(47)51)56(32-30-40(6)20-14-18-38(3)4)41(7)53-50-27-15-25-46-33-42-21-9-11-23-44(42)35-48(46)50/h9-12,15-16,21-28,33-40H,13-14,17-20,29-32H2,1-8H3/b53-41+,54-52-/t39-,40-/m0/s1. The number of guanidine groups is 1. The van der Waals surface area contributed by atoms with Gasteiger partial charge in [0.15, 0.2) is 0 Å². The molecule has 2 atom stereocenters. The molecule has 0 aliphatic heterocycles. The summed E-state index contributed by atoms with van der Waals surface area (Å²) in [6.07, 6.45) is 9.85. The Labute approximate surface area is 337 Å². The van der Waals surface area contributed by atoms with Gasteiger partial charge in [-0.05, 0) is 112 Å². The largest absolute Gasteiger partial charge is 0.345 e. The molecule has 0 saturated heterocycles. The Balaban J connectivity index is 1.43. The molecule has 56 heavy (non-hydrogen) atoms. The van der Waals surface area contributed by atoms with Gasteiger partial charge in [-0.1, -0.05) is 153 Å². The molecule has 0 fully saturated rings. The molecule has 0 radical (unpaired) electrons. The number of hydrogen-bond acceptors (Lipinski definition) is 2. The Bertz CT molecular complexity index is 2260. The average molecular weight is 747 g/mol. The zero-order valence-electron chi connectivity index (χ0n) is 35.6. The lowest BCUT2D eigenvalue weighted by molar-refractivity contribution is 0.351. The van der Waals surface area contributed by atoms with Crippen LogP contribution < -0.4 is 0 Å². The maximum Gasteiger partial charge on any atom is 0.207 e. The maximum absolute atomic E-state index is 5.67. The molecule has 0 saturated carbocycles. The van der Waals surface area contributed by atoms with Crippen molar-refractivity contribution >= 4 is 66.3 Å². The molecule has 4 heteroatoms. The number of amidine groups is 1. The van der Waals surface area contributed by atoms with Gasteiger partial charge >= 0.3 is 0 Å². The number of aliphatic imine (C=N–C) groups is 2. The number of nitrogens with zero attached hydrogens (tertiary/aromatic N) is 4. The molecule has 0 heterocycles. The fourth-order valence-electron chi connectivity index (χ4n) is 8.10. The van der Waals surface area contributed by atoms with E-state index in [1.54, 1.807) is 0 Å². The Hall–Kier alpha value is -4.70. The van der Waals surface area contributed by atoms with Crippen molar-refractivity contribution in [1.29, 1.82) is 0 Å². The molecule has 0 unspecified atom stereocenters. The van der Waals surface area contributed by atoms with Gasteiger partial charge in [0.25, 0.3) is 0 Å². The van der Waals surface area contributed by atoms with Crippen molar-refractivity contribution in [2.24, 2.45) is 33.7 Å². The van der Waals surface area contributed by atoms with Gasteiger partial charge in [-0.2, -0.15) is 0 Å². The maximum atomic E-state index is 5.67. The number of benzene rings is 6. The predicted octanol–water partition coefficient (Wildman–Crippen LogP) is 15.0. The van der Waals surface area contributed by atoms with E-state index >= 15 is 0 Å². The molecule has 6 rings (SSSR count). The SMILES string of the molecule is C/C(=N\c1cccc2cc3ccccc3cc12)N(CC[C@@H](C)CCCC(C)C)/C(=N\c1cccc2cc3ccccc3cc12)N(C)CC[C@@H](C)CCCC(C)C. The minimum atomic E-state index is 0.601. The highest BCUT2D eigenvalue weighted by molar-refractivity contribution is 6.08. The summed E-state index contributed by atoms with van der Waals surface area (Å²) in [6, 6.07) is 39.6. The van der Waals surface area contributed by atoms with E-state index in [2.05, 4.69) is 175 Å². The molecule has 0 bridgehead atoms. The Morgan fingerprint density at radius 1 is 0.482 bits per heavy atom. The molecule has 6 aromatic carbocycles.